The van der Waals surface area contributed by atoms with Crippen LogP contribution in [-0.2, 0) is 9.59 Å². The standard InChI is InChI=1S/C17H12N2O3/c20-15(21)9-8-11-4-3-5-12(10-11)18-16-13-6-1-2-7-14(13)19-17(16)22/h1-10H,(H,20,21)(H,18,19,22)/p-1/b9-8+. The number of carbonyl (C=O) groups is 2. The minimum absolute atomic E-state index is 0.253. The molecule has 0 spiro atoms. The van der Waals surface area contributed by atoms with E-state index in [0.29, 0.717) is 17.0 Å². The molecule has 0 atom stereocenters. The van der Waals surface area contributed by atoms with Crippen molar-refractivity contribution in [1.82, 2.24) is 0 Å². The monoisotopic (exact) mass is 291 g/mol. The number of nitrogens with zero attached hydrogens (tertiary/aromatic N) is 1. The number of hydrogen-bond donors (Lipinski definition) is 1. The number of hydrogen-bond acceptors (Lipinski definition) is 4. The highest BCUT2D eigenvalue weighted by Gasteiger charge is 2.25. The number of aliphatic imine (C=N–C) groups is 1. The van der Waals surface area contributed by atoms with E-state index in [-0.39, 0.29) is 5.91 Å². The molecule has 1 aliphatic heterocycles. The Hall–Kier alpha value is -3.21. The molecule has 0 aliphatic carbocycles. The largest absolute Gasteiger partial charge is 0.545 e. The molecular formula is C17H11N2O3-. The van der Waals surface area contributed by atoms with Gasteiger partial charge in [-0.15, -0.1) is 0 Å². The number of carboxylic acid groups (broad SMARTS) is 1. The Morgan fingerprint density at radius 1 is 1.14 bits per heavy atom. The van der Waals surface area contributed by atoms with E-state index in [4.69, 9.17) is 0 Å². The molecule has 0 bridgehead atoms. The number of nitrogens with one attached hydrogen (secondary N) is 1. The summed E-state index contributed by atoms with van der Waals surface area (Å²) in [7, 11) is 0. The van der Waals surface area contributed by atoms with Gasteiger partial charge in [-0.3, -0.25) is 4.79 Å². The number of carbonyl (C=O) groups excluding carboxylic acids is 2. The summed E-state index contributed by atoms with van der Waals surface area (Å²) in [4.78, 5) is 26.8. The summed E-state index contributed by atoms with van der Waals surface area (Å²) in [5, 5.41) is 13.2. The predicted octanol–water partition coefficient (Wildman–Crippen LogP) is 1.52. The summed E-state index contributed by atoms with van der Waals surface area (Å²) in [6, 6.07) is 14.2. The SMILES string of the molecule is O=C([O-])/C=C/c1cccc(N=C2C(=O)Nc3ccccc32)c1. The maximum absolute atomic E-state index is 12.0. The molecule has 0 fully saturated rings. The molecule has 2 aromatic rings. The molecule has 5 heteroatoms. The van der Waals surface area contributed by atoms with Crippen molar-refractivity contribution in [2.75, 3.05) is 5.32 Å². The van der Waals surface area contributed by atoms with Gasteiger partial charge in [-0.2, -0.15) is 0 Å². The van der Waals surface area contributed by atoms with Gasteiger partial charge >= 0.3 is 0 Å². The van der Waals surface area contributed by atoms with Crippen LogP contribution in [0.15, 0.2) is 59.6 Å². The maximum Gasteiger partial charge on any atom is 0.275 e. The van der Waals surface area contributed by atoms with Gasteiger partial charge in [-0.1, -0.05) is 36.4 Å². The average Bonchev–Trinajstić information content (AvgIpc) is 2.82. The topological polar surface area (TPSA) is 81.6 Å². The molecule has 5 nitrogen and oxygen atoms in total. The minimum Gasteiger partial charge on any atom is -0.545 e. The molecular weight excluding hydrogens is 280 g/mol. The first-order chi connectivity index (χ1) is 10.6. The number of amides is 1. The van der Waals surface area contributed by atoms with Crippen molar-refractivity contribution in [2.24, 2.45) is 4.99 Å². The van der Waals surface area contributed by atoms with Crippen molar-refractivity contribution in [3.8, 4) is 0 Å². The van der Waals surface area contributed by atoms with Crippen LogP contribution < -0.4 is 10.4 Å². The summed E-state index contributed by atoms with van der Waals surface area (Å²) < 4.78 is 0. The van der Waals surface area contributed by atoms with Crippen LogP contribution in [0.3, 0.4) is 0 Å². The Balaban J connectivity index is 1.97. The van der Waals surface area contributed by atoms with Gasteiger partial charge in [0.05, 0.1) is 17.3 Å². The summed E-state index contributed by atoms with van der Waals surface area (Å²) >= 11 is 0. The zero-order valence-electron chi connectivity index (χ0n) is 11.4. The number of benzene rings is 2. The van der Waals surface area contributed by atoms with Crippen molar-refractivity contribution < 1.29 is 14.7 Å². The second-order valence-corrected chi connectivity index (χ2v) is 4.71. The van der Waals surface area contributed by atoms with E-state index in [1.54, 1.807) is 24.3 Å². The third-order valence-corrected chi connectivity index (χ3v) is 3.17. The lowest BCUT2D eigenvalue weighted by atomic mass is 10.1. The van der Waals surface area contributed by atoms with E-state index < -0.39 is 5.97 Å². The smallest absolute Gasteiger partial charge is 0.275 e. The first-order valence-electron chi connectivity index (χ1n) is 6.62. The third kappa shape index (κ3) is 2.78. The van der Waals surface area contributed by atoms with E-state index in [9.17, 15) is 14.7 Å². The summed E-state index contributed by atoms with van der Waals surface area (Å²) in [6.45, 7) is 0. The van der Waals surface area contributed by atoms with E-state index in [1.165, 1.54) is 6.08 Å². The predicted molar refractivity (Wildman–Crippen MR) is 81.8 cm³/mol. The Morgan fingerprint density at radius 2 is 1.95 bits per heavy atom. The fourth-order valence-electron chi connectivity index (χ4n) is 2.20. The molecule has 1 amide bonds. The zero-order chi connectivity index (χ0) is 15.5. The first-order valence-corrected chi connectivity index (χ1v) is 6.62. The van der Waals surface area contributed by atoms with Gasteiger partial charge in [0, 0.05) is 5.56 Å². The Kier molecular flexibility index (Phi) is 3.53. The van der Waals surface area contributed by atoms with Crippen LogP contribution in [0.4, 0.5) is 11.4 Å². The van der Waals surface area contributed by atoms with Crippen molar-refractivity contribution in [3.05, 3.63) is 65.7 Å². The van der Waals surface area contributed by atoms with Gasteiger partial charge in [0.25, 0.3) is 5.91 Å². The highest BCUT2D eigenvalue weighted by atomic mass is 16.4. The van der Waals surface area contributed by atoms with Crippen molar-refractivity contribution in [1.29, 1.82) is 0 Å². The molecule has 22 heavy (non-hydrogen) atoms. The molecule has 1 N–H and O–H groups in total. The van der Waals surface area contributed by atoms with Crippen LogP contribution >= 0.6 is 0 Å². The molecule has 0 saturated carbocycles. The van der Waals surface area contributed by atoms with Gasteiger partial charge in [-0.05, 0) is 29.8 Å². The van der Waals surface area contributed by atoms with Gasteiger partial charge in [0.1, 0.15) is 5.71 Å². The minimum atomic E-state index is -1.26. The van der Waals surface area contributed by atoms with Crippen LogP contribution in [0.2, 0.25) is 0 Å². The number of fused-ring (bicyclic) bond motifs is 1. The van der Waals surface area contributed by atoms with Crippen LogP contribution in [0.25, 0.3) is 6.08 Å². The van der Waals surface area contributed by atoms with E-state index in [0.717, 1.165) is 17.3 Å². The quantitative estimate of drug-likeness (QED) is 0.870. The molecule has 1 heterocycles. The number of para-hydroxylation sites is 1. The van der Waals surface area contributed by atoms with E-state index in [2.05, 4.69) is 10.3 Å². The average molecular weight is 291 g/mol. The molecule has 1 aliphatic rings. The fraction of sp³-hybridized carbons (Fsp3) is 0. The maximum atomic E-state index is 12.0. The first kappa shape index (κ1) is 13.8. The van der Waals surface area contributed by atoms with Crippen LogP contribution in [0.1, 0.15) is 11.1 Å². The highest BCUT2D eigenvalue weighted by molar-refractivity contribution is 6.54. The lowest BCUT2D eigenvalue weighted by molar-refractivity contribution is -0.297. The van der Waals surface area contributed by atoms with Gasteiger partial charge in [-0.25, -0.2) is 4.99 Å². The number of anilines is 1. The molecule has 0 saturated heterocycles. The van der Waals surface area contributed by atoms with Gasteiger partial charge in [0.15, 0.2) is 0 Å². The lowest BCUT2D eigenvalue weighted by Crippen LogP contribution is -2.18. The number of aliphatic carboxylic acids is 1. The van der Waals surface area contributed by atoms with Crippen LogP contribution in [0, 0.1) is 0 Å². The molecule has 2 aromatic carbocycles. The summed E-state index contributed by atoms with van der Waals surface area (Å²) in [5.41, 5.74) is 3.07. The van der Waals surface area contributed by atoms with Crippen LogP contribution in [-0.4, -0.2) is 17.6 Å². The second-order valence-electron chi connectivity index (χ2n) is 4.71. The van der Waals surface area contributed by atoms with Crippen molar-refractivity contribution >= 4 is 35.0 Å². The Bertz CT molecular complexity index is 822. The highest BCUT2D eigenvalue weighted by Crippen LogP contribution is 2.25. The Labute approximate surface area is 126 Å². The number of rotatable bonds is 3. The summed E-state index contributed by atoms with van der Waals surface area (Å²) in [5.74, 6) is -1.52. The third-order valence-electron chi connectivity index (χ3n) is 3.17. The normalized spacial score (nSPS) is 15.1. The van der Waals surface area contributed by atoms with Crippen molar-refractivity contribution in [2.45, 2.75) is 0 Å². The Morgan fingerprint density at radius 3 is 2.77 bits per heavy atom. The fourth-order valence-corrected chi connectivity index (χ4v) is 2.20. The van der Waals surface area contributed by atoms with Crippen molar-refractivity contribution in [3.63, 3.8) is 0 Å². The van der Waals surface area contributed by atoms with Gasteiger partial charge < -0.3 is 15.2 Å². The zero-order valence-corrected chi connectivity index (χ0v) is 11.4. The summed E-state index contributed by atoms with van der Waals surface area (Å²) in [6.07, 6.45) is 2.37. The molecule has 108 valence electrons. The van der Waals surface area contributed by atoms with Gasteiger partial charge in [0.2, 0.25) is 0 Å². The lowest BCUT2D eigenvalue weighted by Gasteiger charge is -2.00. The van der Waals surface area contributed by atoms with E-state index in [1.807, 2.05) is 24.3 Å². The second kappa shape index (κ2) is 5.65. The molecule has 0 radical (unpaired) electrons. The molecule has 0 unspecified atom stereocenters. The van der Waals surface area contributed by atoms with Crippen LogP contribution in [0.5, 0.6) is 0 Å². The van der Waals surface area contributed by atoms with E-state index >= 15 is 0 Å². The molecule has 0 aromatic heterocycles. The number of carboxylic acids is 1. The molecule has 3 rings (SSSR count).